The molecule has 3 aromatic carbocycles. The molecule has 0 saturated heterocycles. The van der Waals surface area contributed by atoms with E-state index in [1.54, 1.807) is 7.11 Å². The van der Waals surface area contributed by atoms with Gasteiger partial charge in [-0.15, -0.1) is 0 Å². The summed E-state index contributed by atoms with van der Waals surface area (Å²) in [5, 5.41) is 23.3. The third-order valence-electron chi connectivity index (χ3n) is 8.97. The molecule has 0 aliphatic carbocycles. The number of hydrogen-bond acceptors (Lipinski definition) is 8. The summed E-state index contributed by atoms with van der Waals surface area (Å²) in [5.74, 6) is -0.190. The van der Waals surface area contributed by atoms with Gasteiger partial charge >= 0.3 is 12.2 Å². The highest BCUT2D eigenvalue weighted by Crippen LogP contribution is 2.25. The van der Waals surface area contributed by atoms with E-state index >= 15 is 0 Å². The van der Waals surface area contributed by atoms with Gasteiger partial charge in [0, 0.05) is 6.04 Å². The van der Waals surface area contributed by atoms with E-state index in [1.807, 2.05) is 120 Å². The van der Waals surface area contributed by atoms with Gasteiger partial charge in [0.15, 0.2) is 0 Å². The van der Waals surface area contributed by atoms with Crippen molar-refractivity contribution < 1.29 is 38.5 Å². The Bertz CT molecular complexity index is 1630. The molecule has 0 heterocycles. The van der Waals surface area contributed by atoms with Crippen molar-refractivity contribution in [2.24, 2.45) is 10.8 Å². The van der Waals surface area contributed by atoms with Crippen LogP contribution in [-0.4, -0.2) is 80.7 Å². The maximum atomic E-state index is 13.9. The minimum absolute atomic E-state index is 0.0508. The number of rotatable bonds is 15. The van der Waals surface area contributed by atoms with Gasteiger partial charge in [-0.05, 0) is 64.5 Å². The molecule has 4 amide bonds. The van der Waals surface area contributed by atoms with Crippen LogP contribution in [0.4, 0.5) is 9.59 Å². The Morgan fingerprint density at radius 2 is 1.06 bits per heavy atom. The monoisotopic (exact) mass is 732 g/mol. The molecule has 0 aliphatic heterocycles. The quantitative estimate of drug-likeness (QED) is 0.139. The molecule has 0 radical (unpaired) electrons. The molecule has 0 saturated carbocycles. The van der Waals surface area contributed by atoms with Crippen LogP contribution in [0.2, 0.25) is 0 Å². The predicted octanol–water partition coefficient (Wildman–Crippen LogP) is 5.41. The average Bonchev–Trinajstić information content (AvgIpc) is 3.11. The van der Waals surface area contributed by atoms with Crippen molar-refractivity contribution in [2.45, 2.75) is 91.1 Å². The van der Waals surface area contributed by atoms with E-state index in [9.17, 15) is 24.3 Å². The van der Waals surface area contributed by atoms with E-state index in [-0.39, 0.29) is 12.8 Å². The number of amides is 4. The molecule has 288 valence electrons. The standard InChI is InChI=1S/C41H56N4O8/c1-40(2,3)34(44-38(49)52-8)36(47)42-30(23-26-13-11-10-12-14-26)25-33(46)32(43-37(48)35(41(4,5)6)45-39(50)53-9)24-27-15-17-28(18-16-27)29-19-21-31(51-7)22-20-29/h10-22,30,32-35,46H,23-25H2,1-9H3,(H,42,47)(H,43,48)(H,44,49)(H,45,50)/t30-,32-,33-,34+,35+/m0/s1. The van der Waals surface area contributed by atoms with Gasteiger partial charge in [0.2, 0.25) is 11.8 Å². The van der Waals surface area contributed by atoms with Crippen molar-refractivity contribution >= 4 is 24.0 Å². The highest BCUT2D eigenvalue weighted by Gasteiger charge is 2.37. The first kappa shape index (κ1) is 42.3. The second-order valence-electron chi connectivity index (χ2n) is 15.3. The molecule has 53 heavy (non-hydrogen) atoms. The Labute approximate surface area is 313 Å². The van der Waals surface area contributed by atoms with Gasteiger partial charge in [-0.25, -0.2) is 9.59 Å². The van der Waals surface area contributed by atoms with Gasteiger partial charge in [0.1, 0.15) is 17.8 Å². The van der Waals surface area contributed by atoms with Crippen molar-refractivity contribution in [1.29, 1.82) is 0 Å². The maximum absolute atomic E-state index is 13.9. The van der Waals surface area contributed by atoms with Gasteiger partial charge in [0.05, 0.1) is 33.5 Å². The van der Waals surface area contributed by atoms with Crippen LogP contribution in [0.25, 0.3) is 11.1 Å². The van der Waals surface area contributed by atoms with Gasteiger partial charge in [-0.1, -0.05) is 108 Å². The van der Waals surface area contributed by atoms with Crippen LogP contribution in [0, 0.1) is 10.8 Å². The Kier molecular flexibility index (Phi) is 15.3. The molecular formula is C41H56N4O8. The average molecular weight is 733 g/mol. The molecule has 0 aromatic heterocycles. The lowest BCUT2D eigenvalue weighted by atomic mass is 9.85. The fourth-order valence-electron chi connectivity index (χ4n) is 5.96. The number of methoxy groups -OCH3 is 3. The second-order valence-corrected chi connectivity index (χ2v) is 15.3. The lowest BCUT2D eigenvalue weighted by Gasteiger charge is -2.34. The summed E-state index contributed by atoms with van der Waals surface area (Å²) in [6, 6.07) is 21.7. The normalized spacial score (nSPS) is 14.4. The molecule has 12 heteroatoms. The lowest BCUT2D eigenvalue weighted by Crippen LogP contribution is -2.59. The number of alkyl carbamates (subject to hydrolysis) is 2. The summed E-state index contributed by atoms with van der Waals surface area (Å²) < 4.78 is 14.9. The minimum Gasteiger partial charge on any atom is -0.497 e. The third-order valence-corrected chi connectivity index (χ3v) is 8.97. The zero-order chi connectivity index (χ0) is 39.3. The zero-order valence-electron chi connectivity index (χ0n) is 32.3. The predicted molar refractivity (Wildman–Crippen MR) is 204 cm³/mol. The van der Waals surface area contributed by atoms with Crippen molar-refractivity contribution in [2.75, 3.05) is 21.3 Å². The van der Waals surface area contributed by atoms with E-state index < -0.39 is 65.1 Å². The number of carbonyl (C=O) groups excluding carboxylic acids is 4. The topological polar surface area (TPSA) is 164 Å². The number of nitrogens with one attached hydrogen (secondary N) is 4. The molecule has 5 N–H and O–H groups in total. The largest absolute Gasteiger partial charge is 0.497 e. The molecule has 0 bridgehead atoms. The van der Waals surface area contributed by atoms with Crippen molar-refractivity contribution in [1.82, 2.24) is 21.3 Å². The summed E-state index contributed by atoms with van der Waals surface area (Å²) in [6.45, 7) is 10.9. The summed E-state index contributed by atoms with van der Waals surface area (Å²) in [4.78, 5) is 52.1. The number of hydrogen-bond donors (Lipinski definition) is 5. The first-order valence-corrected chi connectivity index (χ1v) is 17.7. The minimum atomic E-state index is -1.16. The zero-order valence-corrected chi connectivity index (χ0v) is 32.3. The first-order chi connectivity index (χ1) is 24.9. The molecule has 12 nitrogen and oxygen atoms in total. The maximum Gasteiger partial charge on any atom is 0.407 e. The Balaban J connectivity index is 1.96. The summed E-state index contributed by atoms with van der Waals surface area (Å²) in [7, 11) is 4.07. The van der Waals surface area contributed by atoms with Crippen LogP contribution in [0.15, 0.2) is 78.9 Å². The van der Waals surface area contributed by atoms with E-state index in [2.05, 4.69) is 21.3 Å². The molecular weight excluding hydrogens is 676 g/mol. The van der Waals surface area contributed by atoms with Gasteiger partial charge < -0.3 is 40.6 Å². The smallest absolute Gasteiger partial charge is 0.407 e. The summed E-state index contributed by atoms with van der Waals surface area (Å²) >= 11 is 0. The van der Waals surface area contributed by atoms with Crippen LogP contribution in [0.5, 0.6) is 5.75 Å². The molecule has 0 aliphatic rings. The van der Waals surface area contributed by atoms with Crippen LogP contribution in [-0.2, 0) is 31.9 Å². The number of ether oxygens (including phenoxy) is 3. The highest BCUT2D eigenvalue weighted by atomic mass is 16.5. The van der Waals surface area contributed by atoms with Gasteiger partial charge in [-0.3, -0.25) is 9.59 Å². The van der Waals surface area contributed by atoms with Gasteiger partial charge in [0.25, 0.3) is 0 Å². The van der Waals surface area contributed by atoms with E-state index in [0.29, 0.717) is 6.42 Å². The van der Waals surface area contributed by atoms with E-state index in [1.165, 1.54) is 14.2 Å². The molecule has 0 fully saturated rings. The fourth-order valence-corrected chi connectivity index (χ4v) is 5.96. The van der Waals surface area contributed by atoms with E-state index in [0.717, 1.165) is 28.0 Å². The molecule has 0 unspecified atom stereocenters. The SMILES string of the molecule is COC(=O)N[C@H](C(=O)N[C@@H](Cc1ccccc1)C[C@H](O)[C@H](Cc1ccc(-c2ccc(OC)cc2)cc1)NC(=O)[C@@H](NC(=O)OC)C(C)(C)C)C(C)(C)C. The van der Waals surface area contributed by atoms with Crippen LogP contribution < -0.4 is 26.0 Å². The van der Waals surface area contributed by atoms with Crippen molar-refractivity contribution in [3.63, 3.8) is 0 Å². The van der Waals surface area contributed by atoms with Crippen LogP contribution in [0.3, 0.4) is 0 Å². The Morgan fingerprint density at radius 3 is 1.51 bits per heavy atom. The third kappa shape index (κ3) is 13.1. The van der Waals surface area contributed by atoms with Gasteiger partial charge in [-0.2, -0.15) is 0 Å². The van der Waals surface area contributed by atoms with Crippen molar-refractivity contribution in [3.8, 4) is 16.9 Å². The fraction of sp³-hybridized carbons (Fsp3) is 0.463. The Morgan fingerprint density at radius 1 is 0.604 bits per heavy atom. The lowest BCUT2D eigenvalue weighted by molar-refractivity contribution is -0.128. The van der Waals surface area contributed by atoms with Crippen LogP contribution >= 0.6 is 0 Å². The van der Waals surface area contributed by atoms with E-state index in [4.69, 9.17) is 14.2 Å². The van der Waals surface area contributed by atoms with Crippen molar-refractivity contribution in [3.05, 3.63) is 90.0 Å². The number of benzene rings is 3. The number of carbonyl (C=O) groups is 4. The summed E-state index contributed by atoms with van der Waals surface area (Å²) in [5.41, 5.74) is 2.37. The molecule has 0 spiro atoms. The second kappa shape index (κ2) is 19.1. The molecule has 3 rings (SSSR count). The molecule has 3 aromatic rings. The number of aliphatic hydroxyl groups excluding tert-OH is 1. The van der Waals surface area contributed by atoms with Crippen LogP contribution in [0.1, 0.15) is 59.1 Å². The highest BCUT2D eigenvalue weighted by molar-refractivity contribution is 5.87. The first-order valence-electron chi connectivity index (χ1n) is 17.7. The summed E-state index contributed by atoms with van der Waals surface area (Å²) in [6.07, 6.45) is -2.00. The Hall–Kier alpha value is -5.10. The number of aliphatic hydroxyl groups is 1. The molecule has 5 atom stereocenters.